The van der Waals surface area contributed by atoms with Gasteiger partial charge >= 0.3 is 5.97 Å². The molecule has 114 valence electrons. The number of carbonyl (C=O) groups is 1. The minimum absolute atomic E-state index is 0.144. The van der Waals surface area contributed by atoms with Crippen LogP contribution in [0.15, 0.2) is 0 Å². The Balaban J connectivity index is 2.19. The summed E-state index contributed by atoms with van der Waals surface area (Å²) in [5.74, 6) is 0.609. The van der Waals surface area contributed by atoms with Crippen molar-refractivity contribution in [1.29, 1.82) is 5.26 Å². The number of piperidine rings is 1. The summed E-state index contributed by atoms with van der Waals surface area (Å²) in [6, 6.07) is 2.24. The molecule has 6 nitrogen and oxygen atoms in total. The number of carboxylic acids is 1. The molecule has 0 bridgehead atoms. The Bertz CT molecular complexity index is 573. The zero-order chi connectivity index (χ0) is 15.6. The number of nitrogens with zero attached hydrogens (tertiary/aromatic N) is 4. The molecule has 1 aliphatic rings. The molecule has 0 aliphatic carbocycles. The molecule has 0 radical (unpaired) electrons. The molecule has 0 spiro atoms. The summed E-state index contributed by atoms with van der Waals surface area (Å²) in [4.78, 5) is 13.1. The van der Waals surface area contributed by atoms with Crippen LogP contribution in [-0.4, -0.2) is 33.9 Å². The highest BCUT2D eigenvalue weighted by Crippen LogP contribution is 2.31. The predicted octanol–water partition coefficient (Wildman–Crippen LogP) is 1.93. The average Bonchev–Trinajstić information content (AvgIpc) is 2.72. The van der Waals surface area contributed by atoms with Gasteiger partial charge in [0.15, 0.2) is 0 Å². The topological polar surface area (TPSA) is 82.2 Å². The summed E-state index contributed by atoms with van der Waals surface area (Å²) < 4.78 is 1.76. The molecule has 1 fully saturated rings. The molecule has 1 aromatic heterocycles. The van der Waals surface area contributed by atoms with E-state index in [0.29, 0.717) is 11.5 Å². The lowest BCUT2D eigenvalue weighted by Gasteiger charge is -2.36. The lowest BCUT2D eigenvalue weighted by molar-refractivity contribution is -0.138. The Morgan fingerprint density at radius 2 is 2.33 bits per heavy atom. The van der Waals surface area contributed by atoms with Gasteiger partial charge < -0.3 is 10.0 Å². The summed E-state index contributed by atoms with van der Waals surface area (Å²) in [5.41, 5.74) is 1.37. The van der Waals surface area contributed by atoms with Crippen LogP contribution in [0.2, 0.25) is 0 Å². The van der Waals surface area contributed by atoms with Gasteiger partial charge in [-0.25, -0.2) is 0 Å². The van der Waals surface area contributed by atoms with E-state index in [2.05, 4.69) is 16.1 Å². The second-order valence-electron chi connectivity index (χ2n) is 5.94. The smallest absolute Gasteiger partial charge is 0.303 e. The third-order valence-corrected chi connectivity index (χ3v) is 4.36. The molecular weight excluding hydrogens is 268 g/mol. The van der Waals surface area contributed by atoms with E-state index in [1.54, 1.807) is 4.68 Å². The average molecular weight is 290 g/mol. The number of rotatable bonds is 4. The first-order chi connectivity index (χ1) is 9.93. The van der Waals surface area contributed by atoms with E-state index in [1.165, 1.54) is 0 Å². The summed E-state index contributed by atoms with van der Waals surface area (Å²) in [7, 11) is 1.85. The Morgan fingerprint density at radius 1 is 1.62 bits per heavy atom. The molecule has 2 unspecified atom stereocenters. The lowest BCUT2D eigenvalue weighted by Crippen LogP contribution is -2.39. The molecule has 0 aromatic carbocycles. The zero-order valence-corrected chi connectivity index (χ0v) is 12.8. The number of aliphatic carboxylic acids is 1. The van der Waals surface area contributed by atoms with E-state index in [1.807, 2.05) is 20.9 Å². The lowest BCUT2D eigenvalue weighted by atomic mass is 9.84. The highest BCUT2D eigenvalue weighted by atomic mass is 16.4. The van der Waals surface area contributed by atoms with Gasteiger partial charge in [0.2, 0.25) is 0 Å². The maximum absolute atomic E-state index is 10.9. The van der Waals surface area contributed by atoms with E-state index in [0.717, 1.165) is 37.4 Å². The molecule has 2 heterocycles. The van der Waals surface area contributed by atoms with Crippen LogP contribution in [0.1, 0.15) is 37.4 Å². The van der Waals surface area contributed by atoms with E-state index in [-0.39, 0.29) is 12.3 Å². The van der Waals surface area contributed by atoms with E-state index < -0.39 is 5.97 Å². The fourth-order valence-electron chi connectivity index (χ4n) is 3.25. The van der Waals surface area contributed by atoms with Crippen molar-refractivity contribution in [3.63, 3.8) is 0 Å². The van der Waals surface area contributed by atoms with Crippen molar-refractivity contribution in [2.75, 3.05) is 18.0 Å². The largest absolute Gasteiger partial charge is 0.481 e. The van der Waals surface area contributed by atoms with Crippen molar-refractivity contribution in [2.45, 2.75) is 33.1 Å². The van der Waals surface area contributed by atoms with Crippen LogP contribution >= 0.6 is 0 Å². The van der Waals surface area contributed by atoms with Crippen LogP contribution in [0.3, 0.4) is 0 Å². The second kappa shape index (κ2) is 6.17. The number of carboxylic acid groups (broad SMARTS) is 1. The summed E-state index contributed by atoms with van der Waals surface area (Å²) >= 11 is 0. The number of aromatic nitrogens is 2. The maximum atomic E-state index is 10.9. The molecule has 1 aromatic rings. The highest BCUT2D eigenvalue weighted by Gasteiger charge is 2.29. The molecule has 1 N–H and O–H groups in total. The summed E-state index contributed by atoms with van der Waals surface area (Å²) in [5, 5.41) is 22.6. The van der Waals surface area contributed by atoms with Gasteiger partial charge in [0.1, 0.15) is 17.5 Å². The van der Waals surface area contributed by atoms with Gasteiger partial charge in [-0.15, -0.1) is 0 Å². The van der Waals surface area contributed by atoms with Crippen molar-refractivity contribution in [3.8, 4) is 6.07 Å². The Hall–Kier alpha value is -2.03. The maximum Gasteiger partial charge on any atom is 0.303 e. The van der Waals surface area contributed by atoms with Gasteiger partial charge in [0.05, 0.1) is 5.69 Å². The first-order valence-electron chi connectivity index (χ1n) is 7.34. The van der Waals surface area contributed by atoms with Crippen LogP contribution in [0, 0.1) is 30.1 Å². The van der Waals surface area contributed by atoms with Gasteiger partial charge in [0, 0.05) is 26.6 Å². The molecule has 1 saturated heterocycles. The molecule has 6 heteroatoms. The standard InChI is InChI=1S/C15H22N4O2/c1-10(7-14(20)21)12-5-4-6-19(9-12)15-13(8-16)11(2)17-18(15)3/h10,12H,4-7,9H2,1-3H3,(H,20,21). The number of nitriles is 1. The van der Waals surface area contributed by atoms with Crippen molar-refractivity contribution >= 4 is 11.8 Å². The molecule has 21 heavy (non-hydrogen) atoms. The molecule has 0 saturated carbocycles. The first kappa shape index (κ1) is 15.4. The van der Waals surface area contributed by atoms with Crippen LogP contribution in [0.25, 0.3) is 0 Å². The summed E-state index contributed by atoms with van der Waals surface area (Å²) in [6.45, 7) is 5.53. The molecule has 1 aliphatic heterocycles. The van der Waals surface area contributed by atoms with Crippen molar-refractivity contribution in [3.05, 3.63) is 11.3 Å². The Morgan fingerprint density at radius 3 is 2.95 bits per heavy atom. The number of anilines is 1. The van der Waals surface area contributed by atoms with E-state index in [4.69, 9.17) is 5.11 Å². The van der Waals surface area contributed by atoms with Gasteiger partial charge in [-0.1, -0.05) is 6.92 Å². The number of aryl methyl sites for hydroxylation is 2. The number of hydrogen-bond acceptors (Lipinski definition) is 4. The fourth-order valence-corrected chi connectivity index (χ4v) is 3.25. The first-order valence-corrected chi connectivity index (χ1v) is 7.34. The molecular formula is C15H22N4O2. The van der Waals surface area contributed by atoms with Crippen LogP contribution in [0.4, 0.5) is 5.82 Å². The van der Waals surface area contributed by atoms with Crippen molar-refractivity contribution in [2.24, 2.45) is 18.9 Å². The Kier molecular flexibility index (Phi) is 4.51. The molecule has 2 atom stereocenters. The van der Waals surface area contributed by atoms with Gasteiger partial charge in [0.25, 0.3) is 0 Å². The normalized spacial score (nSPS) is 20.1. The third kappa shape index (κ3) is 3.18. The van der Waals surface area contributed by atoms with Crippen LogP contribution in [-0.2, 0) is 11.8 Å². The summed E-state index contributed by atoms with van der Waals surface area (Å²) in [6.07, 6.45) is 2.27. The van der Waals surface area contributed by atoms with Crippen molar-refractivity contribution < 1.29 is 9.90 Å². The van der Waals surface area contributed by atoms with Gasteiger partial charge in [-0.05, 0) is 31.6 Å². The van der Waals surface area contributed by atoms with E-state index >= 15 is 0 Å². The Labute approximate surface area is 125 Å². The third-order valence-electron chi connectivity index (χ3n) is 4.36. The van der Waals surface area contributed by atoms with Crippen LogP contribution < -0.4 is 4.90 Å². The van der Waals surface area contributed by atoms with Gasteiger partial charge in [-0.3, -0.25) is 9.48 Å². The molecule has 0 amide bonds. The van der Waals surface area contributed by atoms with Gasteiger partial charge in [-0.2, -0.15) is 10.4 Å². The molecule has 2 rings (SSSR count). The second-order valence-corrected chi connectivity index (χ2v) is 5.94. The quantitative estimate of drug-likeness (QED) is 0.916. The minimum Gasteiger partial charge on any atom is -0.481 e. The predicted molar refractivity (Wildman–Crippen MR) is 79.0 cm³/mol. The van der Waals surface area contributed by atoms with Crippen LogP contribution in [0.5, 0.6) is 0 Å². The monoisotopic (exact) mass is 290 g/mol. The highest BCUT2D eigenvalue weighted by molar-refractivity contribution is 5.67. The van der Waals surface area contributed by atoms with E-state index in [9.17, 15) is 10.1 Å². The van der Waals surface area contributed by atoms with Crippen molar-refractivity contribution in [1.82, 2.24) is 9.78 Å². The minimum atomic E-state index is -0.742. The fraction of sp³-hybridized carbons (Fsp3) is 0.667. The number of hydrogen-bond donors (Lipinski definition) is 1. The zero-order valence-electron chi connectivity index (χ0n) is 12.8. The SMILES string of the molecule is Cc1nn(C)c(N2CCCC(C(C)CC(=O)O)C2)c1C#N.